The van der Waals surface area contributed by atoms with Crippen molar-refractivity contribution < 1.29 is 13.2 Å². The van der Waals surface area contributed by atoms with E-state index in [0.717, 1.165) is 28.6 Å². The summed E-state index contributed by atoms with van der Waals surface area (Å²) in [5.74, 6) is -2.39. The number of nitrogens with zero attached hydrogens (tertiary/aromatic N) is 6. The number of nitrogens with one attached hydrogen (secondary N) is 3. The molecule has 12 heteroatoms. The fourth-order valence-electron chi connectivity index (χ4n) is 6.10. The van der Waals surface area contributed by atoms with E-state index in [1.54, 1.807) is 23.5 Å². The number of alkyl halides is 2. The van der Waals surface area contributed by atoms with Gasteiger partial charge in [0.05, 0.1) is 29.3 Å². The molecule has 0 aliphatic carbocycles. The predicted octanol–water partition coefficient (Wildman–Crippen LogP) is 5.72. The van der Waals surface area contributed by atoms with Crippen molar-refractivity contribution in [3.8, 4) is 22.6 Å². The van der Waals surface area contributed by atoms with Crippen LogP contribution in [0.25, 0.3) is 44.6 Å². The molecule has 0 spiro atoms. The van der Waals surface area contributed by atoms with Gasteiger partial charge in [0.15, 0.2) is 5.82 Å². The van der Waals surface area contributed by atoms with Crippen LogP contribution >= 0.6 is 0 Å². The van der Waals surface area contributed by atoms with Crippen molar-refractivity contribution in [2.45, 2.75) is 18.3 Å². The molecule has 7 rings (SSSR count). The third-order valence-electron chi connectivity index (χ3n) is 8.36. The van der Waals surface area contributed by atoms with Gasteiger partial charge in [-0.1, -0.05) is 12.1 Å². The second-order valence-corrected chi connectivity index (χ2v) is 12.2. The summed E-state index contributed by atoms with van der Waals surface area (Å²) in [5, 5.41) is 11.9. The highest BCUT2D eigenvalue weighted by Crippen LogP contribution is 2.34. The Balaban J connectivity index is 1.18. The van der Waals surface area contributed by atoms with Crippen LogP contribution in [0, 0.1) is 5.82 Å². The Morgan fingerprint density at radius 1 is 1.11 bits per heavy atom. The molecule has 0 bridgehead atoms. The molecule has 5 heterocycles. The zero-order valence-electron chi connectivity index (χ0n) is 25.1. The molecular formula is C33H34F3N9. The maximum absolute atomic E-state index is 14.7. The molecule has 3 aromatic heterocycles. The SMILES string of the molecule is CN(C)CCNc1cc(F)cc(-c2cncc3[nH]c(-c4n[nH]c5ccc(C6C=C(CN7CCC(F)(F)C7)C=NC6)cc45)nc23)c1. The van der Waals surface area contributed by atoms with Gasteiger partial charge in [-0.3, -0.25) is 20.0 Å². The average molecular weight is 614 g/mol. The molecule has 1 fully saturated rings. The van der Waals surface area contributed by atoms with E-state index in [1.807, 2.05) is 32.3 Å². The van der Waals surface area contributed by atoms with Crippen LogP contribution in [0.2, 0.25) is 0 Å². The highest BCUT2D eigenvalue weighted by molar-refractivity contribution is 5.97. The standard InChI is InChI=1S/C33H34F3N9/c1-44(2)8-6-39-25-11-22(10-24(34)13-25)27-16-38-17-29-30(27)41-32(40-29)31-26-12-21(3-4-28(26)42-43-31)23-9-20(14-37-15-23)18-45-7-5-33(35,36)19-45/h3-4,9-14,16-17,23,39H,5-8,15,18-19H2,1-2H3,(H,40,41)(H,42,43). The van der Waals surface area contributed by atoms with Gasteiger partial charge in [0.1, 0.15) is 11.5 Å². The number of H-pyrrole nitrogens is 2. The molecule has 0 saturated carbocycles. The van der Waals surface area contributed by atoms with Gasteiger partial charge in [-0.2, -0.15) is 5.10 Å². The van der Waals surface area contributed by atoms with Crippen LogP contribution in [0.5, 0.6) is 0 Å². The number of halogens is 3. The quantitative estimate of drug-likeness (QED) is 0.197. The number of aliphatic imine (C=N–C) groups is 1. The Hall–Kier alpha value is -4.55. The summed E-state index contributed by atoms with van der Waals surface area (Å²) in [6.45, 7) is 2.71. The average Bonchev–Trinajstić information content (AvgIpc) is 3.72. The number of anilines is 1. The van der Waals surface area contributed by atoms with Crippen molar-refractivity contribution in [3.05, 3.63) is 71.8 Å². The molecule has 2 aliphatic heterocycles. The van der Waals surface area contributed by atoms with E-state index in [-0.39, 0.29) is 24.7 Å². The molecule has 3 N–H and O–H groups in total. The third-order valence-corrected chi connectivity index (χ3v) is 8.36. The van der Waals surface area contributed by atoms with Crippen LogP contribution in [0.15, 0.2) is 65.4 Å². The number of pyridine rings is 1. The van der Waals surface area contributed by atoms with E-state index >= 15 is 0 Å². The normalized spacial score (nSPS) is 18.4. The second-order valence-electron chi connectivity index (χ2n) is 12.2. The summed E-state index contributed by atoms with van der Waals surface area (Å²) >= 11 is 0. The van der Waals surface area contributed by atoms with Crippen LogP contribution < -0.4 is 5.32 Å². The smallest absolute Gasteiger partial charge is 0.261 e. The highest BCUT2D eigenvalue weighted by atomic mass is 19.3. The van der Waals surface area contributed by atoms with E-state index in [0.29, 0.717) is 65.5 Å². The third kappa shape index (κ3) is 6.20. The molecule has 0 amide bonds. The maximum atomic E-state index is 14.7. The van der Waals surface area contributed by atoms with Crippen LogP contribution in [-0.2, 0) is 0 Å². The number of benzene rings is 2. The zero-order chi connectivity index (χ0) is 31.1. The van der Waals surface area contributed by atoms with Gasteiger partial charge >= 0.3 is 0 Å². The van der Waals surface area contributed by atoms with Crippen molar-refractivity contribution >= 4 is 33.8 Å². The first-order chi connectivity index (χ1) is 21.7. The van der Waals surface area contributed by atoms with E-state index < -0.39 is 5.92 Å². The lowest BCUT2D eigenvalue weighted by molar-refractivity contribution is 0.0132. The van der Waals surface area contributed by atoms with E-state index in [9.17, 15) is 13.2 Å². The Labute approximate surface area is 258 Å². The lowest BCUT2D eigenvalue weighted by Gasteiger charge is -2.21. The topological polar surface area (TPSA) is 101 Å². The molecule has 1 atom stereocenters. The molecule has 2 aromatic carbocycles. The Morgan fingerprint density at radius 2 is 2.00 bits per heavy atom. The van der Waals surface area contributed by atoms with Gasteiger partial charge in [-0.05, 0) is 61.1 Å². The molecule has 1 unspecified atom stereocenters. The van der Waals surface area contributed by atoms with Gasteiger partial charge in [0.2, 0.25) is 0 Å². The summed E-state index contributed by atoms with van der Waals surface area (Å²) < 4.78 is 42.1. The summed E-state index contributed by atoms with van der Waals surface area (Å²) in [6.07, 6.45) is 7.23. The first kappa shape index (κ1) is 29.2. The second kappa shape index (κ2) is 11.8. The molecule has 45 heavy (non-hydrogen) atoms. The minimum Gasteiger partial charge on any atom is -0.384 e. The first-order valence-electron chi connectivity index (χ1n) is 15.0. The number of likely N-dealkylation sites (N-methyl/N-ethyl adjacent to an activating group) is 1. The van der Waals surface area contributed by atoms with Crippen LogP contribution in [-0.4, -0.2) is 100 Å². The summed E-state index contributed by atoms with van der Waals surface area (Å²) in [5.41, 5.74) is 6.96. The van der Waals surface area contributed by atoms with E-state index in [1.165, 1.54) is 12.1 Å². The molecule has 1 saturated heterocycles. The van der Waals surface area contributed by atoms with E-state index in [4.69, 9.17) is 4.98 Å². The fraction of sp³-hybridized carbons (Fsp3) is 0.333. The highest BCUT2D eigenvalue weighted by Gasteiger charge is 2.38. The summed E-state index contributed by atoms with van der Waals surface area (Å²) in [6, 6.07) is 11.0. The van der Waals surface area contributed by atoms with Crippen LogP contribution in [0.1, 0.15) is 17.9 Å². The number of hydrogen-bond donors (Lipinski definition) is 3. The fourth-order valence-corrected chi connectivity index (χ4v) is 6.10. The van der Waals surface area contributed by atoms with Crippen molar-refractivity contribution in [2.75, 3.05) is 58.7 Å². The molecular weight excluding hydrogens is 579 g/mol. The van der Waals surface area contributed by atoms with Crippen molar-refractivity contribution in [1.82, 2.24) is 34.9 Å². The lowest BCUT2D eigenvalue weighted by atomic mass is 9.93. The monoisotopic (exact) mass is 613 g/mol. The number of fused-ring (bicyclic) bond motifs is 2. The first-order valence-corrected chi connectivity index (χ1v) is 15.0. The lowest BCUT2D eigenvalue weighted by Crippen LogP contribution is -2.28. The van der Waals surface area contributed by atoms with Gasteiger partial charge in [-0.15, -0.1) is 0 Å². The Bertz CT molecular complexity index is 1920. The Morgan fingerprint density at radius 3 is 2.82 bits per heavy atom. The predicted molar refractivity (Wildman–Crippen MR) is 172 cm³/mol. The van der Waals surface area contributed by atoms with Crippen LogP contribution in [0.3, 0.4) is 0 Å². The number of aromatic amines is 2. The molecule has 2 aliphatic rings. The summed E-state index contributed by atoms with van der Waals surface area (Å²) in [4.78, 5) is 21.1. The maximum Gasteiger partial charge on any atom is 0.261 e. The van der Waals surface area contributed by atoms with Crippen LogP contribution in [0.4, 0.5) is 18.9 Å². The summed E-state index contributed by atoms with van der Waals surface area (Å²) in [7, 11) is 3.98. The van der Waals surface area contributed by atoms with Crippen molar-refractivity contribution in [1.29, 1.82) is 0 Å². The van der Waals surface area contributed by atoms with E-state index in [2.05, 4.69) is 47.5 Å². The molecule has 0 radical (unpaired) electrons. The number of aromatic nitrogens is 5. The van der Waals surface area contributed by atoms with Crippen molar-refractivity contribution in [3.63, 3.8) is 0 Å². The van der Waals surface area contributed by atoms with Crippen molar-refractivity contribution in [2.24, 2.45) is 4.99 Å². The largest absolute Gasteiger partial charge is 0.384 e. The Kier molecular flexibility index (Phi) is 7.62. The van der Waals surface area contributed by atoms with Gasteiger partial charge in [-0.25, -0.2) is 18.2 Å². The van der Waals surface area contributed by atoms with Gasteiger partial charge in [0, 0.05) is 74.1 Å². The van der Waals surface area contributed by atoms with Gasteiger partial charge in [0.25, 0.3) is 5.92 Å². The number of hydrogen-bond acceptors (Lipinski definition) is 7. The number of rotatable bonds is 9. The van der Waals surface area contributed by atoms with Gasteiger partial charge < -0.3 is 15.2 Å². The number of dihydropyridines is 1. The molecule has 5 aromatic rings. The number of likely N-dealkylation sites (tertiary alicyclic amines) is 1. The minimum atomic E-state index is -2.62. The molecule has 9 nitrogen and oxygen atoms in total. The zero-order valence-corrected chi connectivity index (χ0v) is 25.1. The number of imidazole rings is 1. The molecule has 232 valence electrons. The minimum absolute atomic E-state index is 0.0141.